The highest BCUT2D eigenvalue weighted by atomic mass is 16.4. The number of carbonyl (C=O) groups is 2. The second-order valence-electron chi connectivity index (χ2n) is 5.44. The second kappa shape index (κ2) is 8.73. The Morgan fingerprint density at radius 3 is 2.33 bits per heavy atom. The zero-order chi connectivity index (χ0) is 17.4. The Kier molecular flexibility index (Phi) is 6.39. The van der Waals surface area contributed by atoms with Crippen LogP contribution < -0.4 is 11.1 Å². The molecule has 4 N–H and O–H groups in total. The molecule has 0 aliphatic rings. The zero-order valence-electron chi connectivity index (χ0n) is 13.2. The van der Waals surface area contributed by atoms with Gasteiger partial charge in [0.2, 0.25) is 5.91 Å². The molecule has 0 bridgehead atoms. The zero-order valence-corrected chi connectivity index (χ0v) is 13.2. The number of aromatic nitrogens is 2. The number of hydrogen-bond acceptors (Lipinski definition) is 5. The van der Waals surface area contributed by atoms with Gasteiger partial charge in [-0.2, -0.15) is 0 Å². The van der Waals surface area contributed by atoms with Crippen LogP contribution in [0.5, 0.6) is 0 Å². The number of hydrogen-bond donors (Lipinski definition) is 3. The van der Waals surface area contributed by atoms with Gasteiger partial charge >= 0.3 is 5.97 Å². The van der Waals surface area contributed by atoms with Crippen LogP contribution >= 0.6 is 0 Å². The predicted octanol–water partition coefficient (Wildman–Crippen LogP) is 0.680. The van der Waals surface area contributed by atoms with Gasteiger partial charge in [-0.3, -0.25) is 14.9 Å². The number of carboxylic acid groups (broad SMARTS) is 1. The fourth-order valence-electron chi connectivity index (χ4n) is 2.19. The summed E-state index contributed by atoms with van der Waals surface area (Å²) < 4.78 is 0. The summed E-state index contributed by atoms with van der Waals surface area (Å²) in [6.07, 6.45) is 4.65. The molecule has 0 fully saturated rings. The van der Waals surface area contributed by atoms with Crippen LogP contribution in [0, 0.1) is 0 Å². The van der Waals surface area contributed by atoms with Crippen molar-refractivity contribution in [3.8, 4) is 0 Å². The monoisotopic (exact) mass is 328 g/mol. The highest BCUT2D eigenvalue weighted by molar-refractivity contribution is 5.83. The lowest BCUT2D eigenvalue weighted by molar-refractivity contribution is -0.141. The first-order valence-corrected chi connectivity index (χ1v) is 7.63. The third-order valence-corrected chi connectivity index (χ3v) is 3.49. The topological polar surface area (TPSA) is 118 Å². The van der Waals surface area contributed by atoms with Gasteiger partial charge in [0.1, 0.15) is 11.9 Å². The Balaban J connectivity index is 1.85. The van der Waals surface area contributed by atoms with Crippen LogP contribution in [0.3, 0.4) is 0 Å². The number of primary amides is 1. The molecular weight excluding hydrogens is 308 g/mol. The predicted molar refractivity (Wildman–Crippen MR) is 88.0 cm³/mol. The summed E-state index contributed by atoms with van der Waals surface area (Å²) >= 11 is 0. The molecule has 24 heavy (non-hydrogen) atoms. The second-order valence-corrected chi connectivity index (χ2v) is 5.44. The summed E-state index contributed by atoms with van der Waals surface area (Å²) in [5, 5.41) is 11.8. The normalized spacial score (nSPS) is 11.8. The SMILES string of the molecule is NC(=O)C[C@H](NCc1cnc(CCc2ccccc2)nc1)C(=O)O. The maximum absolute atomic E-state index is 11.0. The number of nitrogens with zero attached hydrogens (tertiary/aromatic N) is 2. The van der Waals surface area contributed by atoms with Gasteiger partial charge in [-0.15, -0.1) is 0 Å². The van der Waals surface area contributed by atoms with Gasteiger partial charge in [-0.05, 0) is 12.0 Å². The van der Waals surface area contributed by atoms with Gasteiger partial charge < -0.3 is 10.8 Å². The first-order chi connectivity index (χ1) is 11.5. The summed E-state index contributed by atoms with van der Waals surface area (Å²) in [7, 11) is 0. The van der Waals surface area contributed by atoms with E-state index in [1.807, 2.05) is 18.2 Å². The van der Waals surface area contributed by atoms with Crippen molar-refractivity contribution in [3.63, 3.8) is 0 Å². The largest absolute Gasteiger partial charge is 0.480 e. The van der Waals surface area contributed by atoms with Crippen molar-refractivity contribution in [1.82, 2.24) is 15.3 Å². The van der Waals surface area contributed by atoms with E-state index in [-0.39, 0.29) is 13.0 Å². The molecular formula is C17H20N4O3. The average Bonchev–Trinajstić information content (AvgIpc) is 2.58. The molecule has 2 rings (SSSR count). The maximum Gasteiger partial charge on any atom is 0.321 e. The fraction of sp³-hybridized carbons (Fsp3) is 0.294. The van der Waals surface area contributed by atoms with Gasteiger partial charge in [0.15, 0.2) is 0 Å². The molecule has 1 amide bonds. The number of amides is 1. The van der Waals surface area contributed by atoms with E-state index < -0.39 is 17.9 Å². The van der Waals surface area contributed by atoms with Crippen LogP contribution in [-0.4, -0.2) is 33.0 Å². The Morgan fingerprint density at radius 1 is 1.08 bits per heavy atom. The third kappa shape index (κ3) is 5.77. The molecule has 0 aliphatic carbocycles. The summed E-state index contributed by atoms with van der Waals surface area (Å²) in [4.78, 5) is 30.5. The number of aliphatic carboxylic acids is 1. The van der Waals surface area contributed by atoms with Crippen molar-refractivity contribution in [2.24, 2.45) is 5.73 Å². The van der Waals surface area contributed by atoms with E-state index in [1.54, 1.807) is 12.4 Å². The van der Waals surface area contributed by atoms with Gasteiger partial charge in [0.25, 0.3) is 0 Å². The molecule has 7 nitrogen and oxygen atoms in total. The van der Waals surface area contributed by atoms with Crippen LogP contribution in [0.25, 0.3) is 0 Å². The highest BCUT2D eigenvalue weighted by Crippen LogP contribution is 2.04. The van der Waals surface area contributed by atoms with Crippen molar-refractivity contribution < 1.29 is 14.7 Å². The lowest BCUT2D eigenvalue weighted by Gasteiger charge is -2.12. The summed E-state index contributed by atoms with van der Waals surface area (Å²) in [5.41, 5.74) is 7.00. The van der Waals surface area contributed by atoms with Crippen molar-refractivity contribution in [2.45, 2.75) is 31.8 Å². The van der Waals surface area contributed by atoms with E-state index in [9.17, 15) is 9.59 Å². The van der Waals surface area contributed by atoms with Crippen molar-refractivity contribution in [1.29, 1.82) is 0 Å². The van der Waals surface area contributed by atoms with E-state index in [0.29, 0.717) is 0 Å². The minimum atomic E-state index is -1.12. The quantitative estimate of drug-likeness (QED) is 0.623. The lowest BCUT2D eigenvalue weighted by Crippen LogP contribution is -2.39. The van der Waals surface area contributed by atoms with Crippen LogP contribution in [0.15, 0.2) is 42.7 Å². The number of aryl methyl sites for hydroxylation is 2. The molecule has 1 aromatic carbocycles. The van der Waals surface area contributed by atoms with E-state index >= 15 is 0 Å². The molecule has 126 valence electrons. The Bertz CT molecular complexity index is 674. The number of nitrogens with one attached hydrogen (secondary N) is 1. The first-order valence-electron chi connectivity index (χ1n) is 7.63. The smallest absolute Gasteiger partial charge is 0.321 e. The Labute approximate surface area is 139 Å². The van der Waals surface area contributed by atoms with Crippen molar-refractivity contribution >= 4 is 11.9 Å². The van der Waals surface area contributed by atoms with Gasteiger partial charge in [-0.25, -0.2) is 9.97 Å². The molecule has 1 heterocycles. The van der Waals surface area contributed by atoms with E-state index in [4.69, 9.17) is 10.8 Å². The molecule has 0 saturated carbocycles. The molecule has 0 unspecified atom stereocenters. The maximum atomic E-state index is 11.0. The standard InChI is InChI=1S/C17H20N4O3/c18-15(22)8-14(17(23)24)19-9-13-10-20-16(21-11-13)7-6-12-4-2-1-3-5-12/h1-5,10-11,14,19H,6-9H2,(H2,18,22)(H,23,24)/t14-/m0/s1. The van der Waals surface area contributed by atoms with Crippen molar-refractivity contribution in [2.75, 3.05) is 0 Å². The Hall–Kier alpha value is -2.80. The molecule has 0 spiro atoms. The van der Waals surface area contributed by atoms with Gasteiger partial charge in [0, 0.05) is 30.9 Å². The van der Waals surface area contributed by atoms with Crippen LogP contribution in [0.1, 0.15) is 23.4 Å². The Morgan fingerprint density at radius 2 is 1.75 bits per heavy atom. The lowest BCUT2D eigenvalue weighted by atomic mass is 10.1. The molecule has 7 heteroatoms. The highest BCUT2D eigenvalue weighted by Gasteiger charge is 2.19. The third-order valence-electron chi connectivity index (χ3n) is 3.49. The molecule has 0 radical (unpaired) electrons. The van der Waals surface area contributed by atoms with E-state index in [0.717, 1.165) is 24.2 Å². The first kappa shape index (κ1) is 17.6. The number of carbonyl (C=O) groups excluding carboxylic acids is 1. The van der Waals surface area contributed by atoms with Gasteiger partial charge in [0.05, 0.1) is 6.42 Å². The van der Waals surface area contributed by atoms with Gasteiger partial charge in [-0.1, -0.05) is 30.3 Å². The fourth-order valence-corrected chi connectivity index (χ4v) is 2.19. The summed E-state index contributed by atoms with van der Waals surface area (Å²) in [6.45, 7) is 0.253. The van der Waals surface area contributed by atoms with Crippen molar-refractivity contribution in [3.05, 3.63) is 59.7 Å². The minimum Gasteiger partial charge on any atom is -0.480 e. The molecule has 1 aromatic heterocycles. The molecule has 2 aromatic rings. The van der Waals surface area contributed by atoms with E-state index in [1.165, 1.54) is 5.56 Å². The minimum absolute atomic E-state index is 0.253. The number of rotatable bonds is 9. The number of nitrogens with two attached hydrogens (primary N) is 1. The molecule has 0 saturated heterocycles. The van der Waals surface area contributed by atoms with Crippen LogP contribution in [0.2, 0.25) is 0 Å². The van der Waals surface area contributed by atoms with Crippen LogP contribution in [0.4, 0.5) is 0 Å². The summed E-state index contributed by atoms with van der Waals surface area (Å²) in [6, 6.07) is 9.07. The molecule has 0 aliphatic heterocycles. The average molecular weight is 328 g/mol. The number of carboxylic acids is 1. The molecule has 1 atom stereocenters. The number of benzene rings is 1. The summed E-state index contributed by atoms with van der Waals surface area (Å²) in [5.74, 6) is -1.05. The van der Waals surface area contributed by atoms with Crippen LogP contribution in [-0.2, 0) is 29.0 Å². The van der Waals surface area contributed by atoms with E-state index in [2.05, 4.69) is 27.4 Å².